The highest BCUT2D eigenvalue weighted by Crippen LogP contribution is 2.42. The number of rotatable bonds is 14. The van der Waals surface area contributed by atoms with Crippen molar-refractivity contribution in [1.29, 1.82) is 0 Å². The molecule has 2 heterocycles. The molecule has 2 aromatic heterocycles. The molecule has 0 bridgehead atoms. The van der Waals surface area contributed by atoms with Crippen LogP contribution >= 0.6 is 0 Å². The summed E-state index contributed by atoms with van der Waals surface area (Å²) < 4.78 is 8.41. The van der Waals surface area contributed by atoms with E-state index in [0.29, 0.717) is 31.5 Å². The Bertz CT molecular complexity index is 1470. The Morgan fingerprint density at radius 2 is 0.920 bits per heavy atom. The molecule has 5 aromatic rings. The Kier molecular flexibility index (Phi) is 17.2. The maximum absolute atomic E-state index is 10.7. The molecule has 0 aliphatic carbocycles. The summed E-state index contributed by atoms with van der Waals surface area (Å²) in [7, 11) is -2.23. The van der Waals surface area contributed by atoms with Crippen LogP contribution in [0.2, 0.25) is 0 Å². The molecule has 0 fully saturated rings. The van der Waals surface area contributed by atoms with E-state index in [0.717, 1.165) is 6.42 Å². The van der Waals surface area contributed by atoms with Crippen LogP contribution in [-0.4, -0.2) is 27.1 Å². The lowest BCUT2D eigenvalue weighted by Crippen LogP contribution is -2.48. The van der Waals surface area contributed by atoms with E-state index in [9.17, 15) is 10.0 Å². The van der Waals surface area contributed by atoms with Crippen molar-refractivity contribution in [2.45, 2.75) is 71.6 Å². The van der Waals surface area contributed by atoms with E-state index in [4.69, 9.17) is 14.3 Å². The third-order valence-electron chi connectivity index (χ3n) is 8.18. The number of benzene rings is 3. The average molecular weight is 677 g/mol. The van der Waals surface area contributed by atoms with Gasteiger partial charge in [0.1, 0.15) is 0 Å². The molecule has 264 valence electrons. The van der Waals surface area contributed by atoms with Gasteiger partial charge in [0.2, 0.25) is 23.8 Å². The summed E-state index contributed by atoms with van der Waals surface area (Å²) in [5.74, 6) is 0.996. The van der Waals surface area contributed by atoms with Crippen molar-refractivity contribution >= 4 is 7.32 Å². The SMILES string of the molecule is CCO[n+]1ccccc1C(C)C.CCO[n+]1ccccc1C(C)C.[O-]B([O-])OCCCC(c1ccccc1)(c1ccccc1)c1ccccc1. The van der Waals surface area contributed by atoms with Crippen molar-refractivity contribution < 1.29 is 33.8 Å². The Labute approximate surface area is 299 Å². The zero-order valence-electron chi connectivity index (χ0n) is 30.5. The van der Waals surface area contributed by atoms with Gasteiger partial charge in [0.15, 0.2) is 13.2 Å². The van der Waals surface area contributed by atoms with Crippen LogP contribution in [0.25, 0.3) is 0 Å². The highest BCUT2D eigenvalue weighted by molar-refractivity contribution is 6.28. The molecular weight excluding hydrogens is 623 g/mol. The van der Waals surface area contributed by atoms with Crippen molar-refractivity contribution in [3.63, 3.8) is 0 Å². The van der Waals surface area contributed by atoms with Crippen molar-refractivity contribution in [2.75, 3.05) is 19.8 Å². The summed E-state index contributed by atoms with van der Waals surface area (Å²) >= 11 is 0. The van der Waals surface area contributed by atoms with Crippen LogP contribution in [0.1, 0.15) is 94.3 Å². The number of pyridine rings is 2. The van der Waals surface area contributed by atoms with Gasteiger partial charge >= 0.3 is 0 Å². The zero-order chi connectivity index (χ0) is 36.2. The number of aromatic nitrogens is 2. The Morgan fingerprint density at radius 3 is 1.24 bits per heavy atom. The van der Waals surface area contributed by atoms with E-state index in [1.165, 1.54) is 28.1 Å². The second-order valence-electron chi connectivity index (χ2n) is 12.3. The molecule has 0 N–H and O–H groups in total. The van der Waals surface area contributed by atoms with Gasteiger partial charge < -0.3 is 14.7 Å². The largest absolute Gasteiger partial charge is 0.871 e. The molecule has 0 atom stereocenters. The highest BCUT2D eigenvalue weighted by Gasteiger charge is 2.35. The monoisotopic (exact) mass is 676 g/mol. The first kappa shape index (κ1) is 39.9. The molecule has 8 heteroatoms. The molecule has 3 aromatic carbocycles. The molecule has 0 aliphatic rings. The topological polar surface area (TPSA) is 81.6 Å². The van der Waals surface area contributed by atoms with Crippen LogP contribution in [0, 0.1) is 0 Å². The Hall–Kier alpha value is -4.50. The maximum Gasteiger partial charge on any atom is 0.236 e. The second kappa shape index (κ2) is 21.6. The predicted octanol–water partition coefficient (Wildman–Crippen LogP) is 5.62. The lowest BCUT2D eigenvalue weighted by molar-refractivity contribution is -0.896. The van der Waals surface area contributed by atoms with Crippen molar-refractivity contribution in [2.24, 2.45) is 0 Å². The number of hydrogen-bond acceptors (Lipinski definition) is 5. The van der Waals surface area contributed by atoms with E-state index in [1.54, 1.807) is 0 Å². The summed E-state index contributed by atoms with van der Waals surface area (Å²) in [6.07, 6.45) is 5.23. The van der Waals surface area contributed by atoms with Gasteiger partial charge in [0, 0.05) is 57.6 Å². The summed E-state index contributed by atoms with van der Waals surface area (Å²) in [5.41, 5.74) is 5.59. The van der Waals surface area contributed by atoms with Crippen molar-refractivity contribution in [3.8, 4) is 0 Å². The first-order valence-electron chi connectivity index (χ1n) is 17.6. The lowest BCUT2D eigenvalue weighted by atomic mass is 9.67. The molecular formula is C42H53BN2O5. The average Bonchev–Trinajstić information content (AvgIpc) is 3.14. The molecule has 50 heavy (non-hydrogen) atoms. The van der Waals surface area contributed by atoms with Crippen LogP contribution in [0.4, 0.5) is 0 Å². The van der Waals surface area contributed by atoms with Gasteiger partial charge in [-0.3, -0.25) is 9.68 Å². The first-order chi connectivity index (χ1) is 24.2. The summed E-state index contributed by atoms with van der Waals surface area (Å²) in [5, 5.41) is 21.4. The minimum atomic E-state index is -2.23. The molecule has 0 saturated heterocycles. The maximum atomic E-state index is 10.7. The fourth-order valence-corrected chi connectivity index (χ4v) is 5.91. The van der Waals surface area contributed by atoms with Gasteiger partial charge in [0.25, 0.3) is 0 Å². The normalized spacial score (nSPS) is 10.8. The minimum absolute atomic E-state index is 0.159. The van der Waals surface area contributed by atoms with Gasteiger partial charge in [-0.15, -0.1) is 0 Å². The summed E-state index contributed by atoms with van der Waals surface area (Å²) in [4.78, 5) is 10.8. The van der Waals surface area contributed by atoms with E-state index < -0.39 is 7.32 Å². The highest BCUT2D eigenvalue weighted by atomic mass is 16.7. The molecule has 0 unspecified atom stereocenters. The third-order valence-corrected chi connectivity index (χ3v) is 8.18. The van der Waals surface area contributed by atoms with Gasteiger partial charge in [-0.1, -0.05) is 119 Å². The van der Waals surface area contributed by atoms with Crippen LogP contribution in [-0.2, 0) is 10.1 Å². The summed E-state index contributed by atoms with van der Waals surface area (Å²) in [6.45, 7) is 14.2. The number of hydrogen-bond donors (Lipinski definition) is 0. The number of nitrogens with zero attached hydrogens (tertiary/aromatic N) is 2. The second-order valence-corrected chi connectivity index (χ2v) is 12.3. The predicted molar refractivity (Wildman–Crippen MR) is 196 cm³/mol. The summed E-state index contributed by atoms with van der Waals surface area (Å²) in [6, 6.07) is 43.2. The molecule has 0 spiro atoms. The molecule has 7 nitrogen and oxygen atoms in total. The smallest absolute Gasteiger partial charge is 0.236 e. The van der Waals surface area contributed by atoms with Crippen LogP contribution in [0.15, 0.2) is 140 Å². The van der Waals surface area contributed by atoms with Crippen molar-refractivity contribution in [3.05, 3.63) is 168 Å². The lowest BCUT2D eigenvalue weighted by Gasteiger charge is -2.37. The third kappa shape index (κ3) is 11.8. The van der Waals surface area contributed by atoms with E-state index in [-0.39, 0.29) is 12.0 Å². The fourth-order valence-electron chi connectivity index (χ4n) is 5.91. The van der Waals surface area contributed by atoms with Gasteiger partial charge in [0.05, 0.1) is 7.32 Å². The van der Waals surface area contributed by atoms with Gasteiger partial charge in [-0.25, -0.2) is 0 Å². The molecule has 5 rings (SSSR count). The molecule has 0 amide bonds. The van der Waals surface area contributed by atoms with E-state index in [1.807, 2.05) is 115 Å². The van der Waals surface area contributed by atoms with E-state index in [2.05, 4.69) is 76.2 Å². The molecule has 0 saturated carbocycles. The minimum Gasteiger partial charge on any atom is -0.871 e. The quantitative estimate of drug-likeness (QED) is 0.0661. The standard InChI is InChI=1S/C22H21BO3.2C10H16NO/c24-23(25)26-18-10-17-22(19-11-4-1-5-12-19,20-13-6-2-7-14-20)21-15-8-3-9-16-21;2*1-4-12-11-8-6-5-7-10(11)9(2)3/h1-9,11-16H,10,17-18H2;2*5-9H,4H2,1-3H3/q-2;2*+1. The van der Waals surface area contributed by atoms with Crippen LogP contribution in [0.3, 0.4) is 0 Å². The van der Waals surface area contributed by atoms with Crippen molar-refractivity contribution in [1.82, 2.24) is 0 Å². The van der Waals surface area contributed by atoms with Crippen LogP contribution < -0.4 is 29.2 Å². The Morgan fingerprint density at radius 1 is 0.560 bits per heavy atom. The fraction of sp³-hybridized carbons (Fsp3) is 0.333. The van der Waals surface area contributed by atoms with Gasteiger partial charge in [-0.2, -0.15) is 0 Å². The molecule has 0 radical (unpaired) electrons. The van der Waals surface area contributed by atoms with E-state index >= 15 is 0 Å². The zero-order valence-corrected chi connectivity index (χ0v) is 30.5. The molecule has 0 aliphatic heterocycles. The van der Waals surface area contributed by atoms with Crippen LogP contribution in [0.5, 0.6) is 0 Å². The first-order valence-corrected chi connectivity index (χ1v) is 17.6. The Balaban J connectivity index is 0.000000234. The van der Waals surface area contributed by atoms with Gasteiger partial charge in [-0.05, 0) is 55.5 Å².